The minimum absolute atomic E-state index is 0.182. The van der Waals surface area contributed by atoms with Crippen LogP contribution in [0.5, 0.6) is 0 Å². The van der Waals surface area contributed by atoms with Crippen molar-refractivity contribution >= 4 is 38.1 Å². The topological polar surface area (TPSA) is 13.6 Å². The van der Waals surface area contributed by atoms with E-state index in [0.717, 1.165) is 19.5 Å². The molecule has 0 saturated carbocycles. The van der Waals surface area contributed by atoms with Gasteiger partial charge in [-0.15, -0.1) is 0 Å². The van der Waals surface area contributed by atoms with Crippen LogP contribution in [0, 0.1) is 0 Å². The van der Waals surface area contributed by atoms with Crippen molar-refractivity contribution in [3.63, 3.8) is 0 Å². The van der Waals surface area contributed by atoms with E-state index in [1.54, 1.807) is 0 Å². The number of benzene rings is 3. The van der Waals surface area contributed by atoms with E-state index in [4.69, 9.17) is 0 Å². The monoisotopic (exact) mass is 443 g/mol. The normalized spacial score (nSPS) is 13.5. The van der Waals surface area contributed by atoms with Gasteiger partial charge < -0.3 is 9.80 Å². The highest BCUT2D eigenvalue weighted by atomic mass is 32.1. The van der Waals surface area contributed by atoms with Crippen molar-refractivity contribution in [2.45, 2.75) is 19.0 Å². The second kappa shape index (κ2) is 8.47. The second-order valence-electron chi connectivity index (χ2n) is 8.93. The predicted octanol–water partition coefficient (Wildman–Crippen LogP) is 5.32. The second-order valence-corrected chi connectivity index (χ2v) is 9.93. The molecule has 0 saturated heterocycles. The first-order valence-corrected chi connectivity index (χ1v) is 12.1. The van der Waals surface area contributed by atoms with Gasteiger partial charge in [-0.3, -0.25) is 0 Å². The van der Waals surface area contributed by atoms with Crippen molar-refractivity contribution in [2.75, 3.05) is 49.4 Å². The van der Waals surface area contributed by atoms with Crippen molar-refractivity contribution in [1.82, 2.24) is 0 Å². The number of anilines is 3. The van der Waals surface area contributed by atoms with Gasteiger partial charge in [-0.1, -0.05) is 36.4 Å². The van der Waals surface area contributed by atoms with Crippen LogP contribution in [0.3, 0.4) is 0 Å². The van der Waals surface area contributed by atoms with E-state index >= 15 is 0 Å². The Morgan fingerprint density at radius 3 is 1.91 bits per heavy atom. The number of hydrogen-bond donors (Lipinski definition) is 0. The lowest BCUT2D eigenvalue weighted by Crippen LogP contribution is -2.48. The molecule has 32 heavy (non-hydrogen) atoms. The molecule has 0 N–H and O–H groups in total. The molecule has 3 aromatic carbocycles. The van der Waals surface area contributed by atoms with Gasteiger partial charge in [0.2, 0.25) is 0 Å². The molecule has 1 aliphatic heterocycles. The molecule has 4 aromatic rings. The van der Waals surface area contributed by atoms with Gasteiger partial charge in [-0.2, -0.15) is 0 Å². The molecule has 1 aromatic heterocycles. The van der Waals surface area contributed by atoms with Crippen molar-refractivity contribution in [3.05, 3.63) is 83.9 Å². The third-order valence-corrected chi connectivity index (χ3v) is 7.58. The molecule has 0 aliphatic carbocycles. The molecule has 0 unspecified atom stereocenters. The summed E-state index contributed by atoms with van der Waals surface area (Å²) >= 11 is 1.91. The van der Waals surface area contributed by atoms with Crippen LogP contribution in [-0.2, 0) is 6.54 Å². The lowest BCUT2D eigenvalue weighted by molar-refractivity contribution is -0.659. The van der Waals surface area contributed by atoms with E-state index in [9.17, 15) is 0 Å². The molecular formula is C27H31N4S+. The molecule has 5 heteroatoms. The molecule has 164 valence electrons. The molecule has 0 bridgehead atoms. The van der Waals surface area contributed by atoms with E-state index < -0.39 is 0 Å². The summed E-state index contributed by atoms with van der Waals surface area (Å²) in [6.45, 7) is 2.14. The maximum atomic E-state index is 2.61. The van der Waals surface area contributed by atoms with Crippen LogP contribution in [-0.4, -0.2) is 34.7 Å². The smallest absolute Gasteiger partial charge is 0.337 e. The molecule has 0 amide bonds. The van der Waals surface area contributed by atoms with Crippen LogP contribution in [0.2, 0.25) is 0 Å². The van der Waals surface area contributed by atoms with Crippen LogP contribution in [0.4, 0.5) is 16.5 Å². The largest absolute Gasteiger partial charge is 0.378 e. The zero-order valence-electron chi connectivity index (χ0n) is 19.3. The molecule has 5 rings (SSSR count). The van der Waals surface area contributed by atoms with Crippen molar-refractivity contribution in [3.8, 4) is 0 Å². The quantitative estimate of drug-likeness (QED) is 0.388. The molecule has 1 aliphatic rings. The molecule has 0 fully saturated rings. The summed E-state index contributed by atoms with van der Waals surface area (Å²) in [6, 6.07) is 27.1. The minimum atomic E-state index is 0.182. The van der Waals surface area contributed by atoms with Crippen LogP contribution in [0.1, 0.15) is 23.6 Å². The first-order valence-electron chi connectivity index (χ1n) is 11.3. The van der Waals surface area contributed by atoms with Gasteiger partial charge in [0.1, 0.15) is 11.6 Å². The summed E-state index contributed by atoms with van der Waals surface area (Å²) in [5.74, 6) is 0. The summed E-state index contributed by atoms with van der Waals surface area (Å²) in [4.78, 5) is 6.93. The number of nitrogens with zero attached hydrogens (tertiary/aromatic N) is 4. The number of aromatic nitrogens is 1. The number of para-hydroxylation sites is 1. The van der Waals surface area contributed by atoms with Crippen LogP contribution >= 0.6 is 11.3 Å². The first kappa shape index (κ1) is 20.8. The SMILES string of the molecule is CN(C)c1ccc(C(c2ccc(N(C)C)cc2)N2CCC[n+]3c2sc2ccccc23)cc1. The average Bonchev–Trinajstić information content (AvgIpc) is 3.19. The van der Waals surface area contributed by atoms with E-state index in [1.807, 2.05) is 11.3 Å². The fourth-order valence-electron chi connectivity index (χ4n) is 4.65. The Kier molecular flexibility index (Phi) is 5.51. The van der Waals surface area contributed by atoms with Gasteiger partial charge in [0, 0.05) is 57.1 Å². The van der Waals surface area contributed by atoms with E-state index in [1.165, 1.54) is 37.8 Å². The maximum absolute atomic E-state index is 2.61. The standard InChI is InChI=1S/C27H31N4S/c1-28(2)22-14-10-20(11-15-22)26(21-12-16-23(17-13-21)29(3)4)31-19-7-18-30-24-8-5-6-9-25(24)32-27(30)31/h5-6,8-17,26H,7,18-19H2,1-4H3/q+1. The Bertz CT molecular complexity index is 1160. The van der Waals surface area contributed by atoms with Crippen molar-refractivity contribution < 1.29 is 4.57 Å². The molecule has 4 nitrogen and oxygen atoms in total. The Balaban J connectivity index is 1.63. The average molecular weight is 444 g/mol. The lowest BCUT2D eigenvalue weighted by atomic mass is 9.96. The Morgan fingerprint density at radius 2 is 1.34 bits per heavy atom. The van der Waals surface area contributed by atoms with Gasteiger partial charge >= 0.3 is 5.13 Å². The van der Waals surface area contributed by atoms with Crippen LogP contribution < -0.4 is 19.3 Å². The first-order chi connectivity index (χ1) is 15.5. The summed E-state index contributed by atoms with van der Waals surface area (Å²) < 4.78 is 3.87. The zero-order chi connectivity index (χ0) is 22.2. The maximum Gasteiger partial charge on any atom is 0.337 e. The predicted molar refractivity (Wildman–Crippen MR) is 137 cm³/mol. The number of fused-ring (bicyclic) bond motifs is 3. The highest BCUT2D eigenvalue weighted by Gasteiger charge is 2.36. The Labute approximate surface area is 194 Å². The fraction of sp³-hybridized carbons (Fsp3) is 0.296. The van der Waals surface area contributed by atoms with Gasteiger partial charge in [-0.05, 0) is 47.7 Å². The fourth-order valence-corrected chi connectivity index (χ4v) is 5.89. The Morgan fingerprint density at radius 1 is 0.781 bits per heavy atom. The van der Waals surface area contributed by atoms with Gasteiger partial charge in [0.15, 0.2) is 0 Å². The summed E-state index contributed by atoms with van der Waals surface area (Å²) in [5.41, 5.74) is 6.47. The minimum Gasteiger partial charge on any atom is -0.378 e. The number of aryl methyl sites for hydroxylation is 1. The van der Waals surface area contributed by atoms with E-state index in [0.29, 0.717) is 0 Å². The number of thiazole rings is 1. The molecular weight excluding hydrogens is 412 g/mol. The van der Waals surface area contributed by atoms with Crippen LogP contribution in [0.15, 0.2) is 72.8 Å². The molecule has 0 atom stereocenters. The number of rotatable bonds is 5. The molecule has 0 spiro atoms. The third kappa shape index (κ3) is 3.71. The van der Waals surface area contributed by atoms with Gasteiger partial charge in [-0.25, -0.2) is 9.47 Å². The summed E-state index contributed by atoms with van der Waals surface area (Å²) in [6.07, 6.45) is 1.15. The molecule has 0 radical (unpaired) electrons. The Hall–Kier alpha value is -3.05. The third-order valence-electron chi connectivity index (χ3n) is 6.38. The van der Waals surface area contributed by atoms with Gasteiger partial charge in [0.25, 0.3) is 0 Å². The summed E-state index contributed by atoms with van der Waals surface area (Å²) in [7, 11) is 8.38. The van der Waals surface area contributed by atoms with Crippen molar-refractivity contribution in [1.29, 1.82) is 0 Å². The van der Waals surface area contributed by atoms with E-state index in [-0.39, 0.29) is 6.04 Å². The van der Waals surface area contributed by atoms with E-state index in [2.05, 4.69) is 120 Å². The van der Waals surface area contributed by atoms with Gasteiger partial charge in [0.05, 0.1) is 17.8 Å². The lowest BCUT2D eigenvalue weighted by Gasteiger charge is -2.30. The zero-order valence-corrected chi connectivity index (χ0v) is 20.1. The highest BCUT2D eigenvalue weighted by molar-refractivity contribution is 7.21. The van der Waals surface area contributed by atoms with Crippen molar-refractivity contribution in [2.24, 2.45) is 0 Å². The van der Waals surface area contributed by atoms with Crippen LogP contribution in [0.25, 0.3) is 10.2 Å². The summed E-state index contributed by atoms with van der Waals surface area (Å²) in [5, 5.41) is 1.36. The number of hydrogen-bond acceptors (Lipinski definition) is 4. The highest BCUT2D eigenvalue weighted by Crippen LogP contribution is 2.38. The molecule has 2 heterocycles.